The lowest BCUT2D eigenvalue weighted by Crippen LogP contribution is -2.23. The number of alkyl halides is 3. The summed E-state index contributed by atoms with van der Waals surface area (Å²) in [6.07, 6.45) is -1.04. The predicted octanol–water partition coefficient (Wildman–Crippen LogP) is 2.98. The maximum Gasteiger partial charge on any atom is 0.422 e. The molecule has 1 heterocycles. The summed E-state index contributed by atoms with van der Waals surface area (Å²) < 4.78 is 41.5. The number of imidazole rings is 1. The van der Waals surface area contributed by atoms with Crippen LogP contribution < -0.4 is 5.32 Å². The number of anilines is 1. The van der Waals surface area contributed by atoms with Crippen molar-refractivity contribution in [1.82, 2.24) is 9.55 Å². The van der Waals surface area contributed by atoms with Crippen LogP contribution in [0.25, 0.3) is 5.69 Å². The molecule has 0 bridgehead atoms. The zero-order valence-electron chi connectivity index (χ0n) is 10.1. The summed E-state index contributed by atoms with van der Waals surface area (Å²) in [6.45, 7) is -1.63. The van der Waals surface area contributed by atoms with E-state index < -0.39 is 18.9 Å². The van der Waals surface area contributed by atoms with E-state index in [0.717, 1.165) is 0 Å². The lowest BCUT2D eigenvalue weighted by atomic mass is 10.2. The molecule has 0 spiro atoms. The number of halogens is 3. The molecule has 106 valence electrons. The summed E-state index contributed by atoms with van der Waals surface area (Å²) in [6, 6.07) is 6.59. The average Bonchev–Trinajstić information content (AvgIpc) is 2.90. The second kappa shape index (κ2) is 5.64. The normalized spacial score (nSPS) is 11.2. The Labute approximate surface area is 112 Å². The van der Waals surface area contributed by atoms with Gasteiger partial charge in [0.15, 0.2) is 6.61 Å². The van der Waals surface area contributed by atoms with Crippen LogP contribution in [0.3, 0.4) is 0 Å². The quantitative estimate of drug-likeness (QED) is 0.943. The molecule has 8 heteroatoms. The summed E-state index contributed by atoms with van der Waals surface area (Å²) in [7, 11) is 0. The van der Waals surface area contributed by atoms with Crippen LogP contribution >= 0.6 is 0 Å². The van der Waals surface area contributed by atoms with Gasteiger partial charge in [0.05, 0.1) is 17.7 Å². The number of aromatic nitrogens is 2. The third-order valence-electron chi connectivity index (χ3n) is 2.29. The van der Waals surface area contributed by atoms with Crippen molar-refractivity contribution in [3.05, 3.63) is 43.0 Å². The van der Waals surface area contributed by atoms with E-state index in [4.69, 9.17) is 0 Å². The Bertz CT molecular complexity index is 582. The molecule has 0 atom stereocenters. The van der Waals surface area contributed by atoms with Crippen LogP contribution in [0.5, 0.6) is 0 Å². The highest BCUT2D eigenvalue weighted by Gasteiger charge is 2.29. The van der Waals surface area contributed by atoms with Gasteiger partial charge in [0.1, 0.15) is 0 Å². The first-order valence-corrected chi connectivity index (χ1v) is 5.53. The maximum absolute atomic E-state index is 11.9. The van der Waals surface area contributed by atoms with Crippen molar-refractivity contribution in [3.63, 3.8) is 0 Å². The first-order valence-electron chi connectivity index (χ1n) is 5.53. The number of ether oxygens (including phenoxy) is 1. The molecule has 5 nitrogen and oxygen atoms in total. The molecule has 0 aliphatic heterocycles. The van der Waals surface area contributed by atoms with Gasteiger partial charge in [0, 0.05) is 12.4 Å². The predicted molar refractivity (Wildman–Crippen MR) is 64.6 cm³/mol. The SMILES string of the molecule is O=C(Nc1ccccc1-n1ccnc1)OCC(F)(F)F. The van der Waals surface area contributed by atoms with Gasteiger partial charge in [-0.3, -0.25) is 5.32 Å². The van der Waals surface area contributed by atoms with Gasteiger partial charge in [-0.05, 0) is 12.1 Å². The molecule has 1 N–H and O–H groups in total. The standard InChI is InChI=1S/C12H10F3N3O2/c13-12(14,15)7-20-11(19)17-9-3-1-2-4-10(9)18-6-5-16-8-18/h1-6,8H,7H2,(H,17,19). The first-order chi connectivity index (χ1) is 9.46. The van der Waals surface area contributed by atoms with Crippen molar-refractivity contribution < 1.29 is 22.7 Å². The first kappa shape index (κ1) is 13.9. The highest BCUT2D eigenvalue weighted by Crippen LogP contribution is 2.20. The van der Waals surface area contributed by atoms with Gasteiger partial charge in [-0.25, -0.2) is 9.78 Å². The van der Waals surface area contributed by atoms with E-state index in [9.17, 15) is 18.0 Å². The molecule has 1 amide bonds. The fourth-order valence-electron chi connectivity index (χ4n) is 1.50. The van der Waals surface area contributed by atoms with E-state index in [2.05, 4.69) is 15.0 Å². The Morgan fingerprint density at radius 3 is 2.75 bits per heavy atom. The van der Waals surface area contributed by atoms with E-state index in [1.54, 1.807) is 41.2 Å². The number of nitrogens with zero attached hydrogens (tertiary/aromatic N) is 2. The van der Waals surface area contributed by atoms with Crippen LogP contribution in [-0.2, 0) is 4.74 Å². The van der Waals surface area contributed by atoms with Crippen molar-refractivity contribution in [3.8, 4) is 5.69 Å². The lowest BCUT2D eigenvalue weighted by Gasteiger charge is -2.12. The van der Waals surface area contributed by atoms with Crippen molar-refractivity contribution in [2.24, 2.45) is 0 Å². The minimum Gasteiger partial charge on any atom is -0.440 e. The number of hydrogen-bond acceptors (Lipinski definition) is 3. The van der Waals surface area contributed by atoms with Crippen molar-refractivity contribution in [1.29, 1.82) is 0 Å². The smallest absolute Gasteiger partial charge is 0.422 e. The number of carbonyl (C=O) groups excluding carboxylic acids is 1. The van der Waals surface area contributed by atoms with Crippen LogP contribution in [0.15, 0.2) is 43.0 Å². The lowest BCUT2D eigenvalue weighted by molar-refractivity contribution is -0.159. The van der Waals surface area contributed by atoms with E-state index in [-0.39, 0.29) is 0 Å². The third-order valence-corrected chi connectivity index (χ3v) is 2.29. The molecule has 1 aromatic carbocycles. The molecule has 2 rings (SSSR count). The molecular formula is C12H10F3N3O2. The van der Waals surface area contributed by atoms with Crippen LogP contribution in [0.2, 0.25) is 0 Å². The Morgan fingerprint density at radius 1 is 1.35 bits per heavy atom. The zero-order valence-corrected chi connectivity index (χ0v) is 10.1. The van der Waals surface area contributed by atoms with E-state index >= 15 is 0 Å². The van der Waals surface area contributed by atoms with Crippen LogP contribution in [0.4, 0.5) is 23.7 Å². The fraction of sp³-hybridized carbons (Fsp3) is 0.167. The molecule has 0 radical (unpaired) electrons. The summed E-state index contributed by atoms with van der Waals surface area (Å²) in [5.41, 5.74) is 0.881. The van der Waals surface area contributed by atoms with Gasteiger partial charge in [0.2, 0.25) is 0 Å². The summed E-state index contributed by atoms with van der Waals surface area (Å²) in [5, 5.41) is 2.26. The van der Waals surface area contributed by atoms with Crippen molar-refractivity contribution in [2.75, 3.05) is 11.9 Å². The number of nitrogens with one attached hydrogen (secondary N) is 1. The van der Waals surface area contributed by atoms with E-state index in [1.807, 2.05) is 0 Å². The number of benzene rings is 1. The molecule has 0 unspecified atom stereocenters. The minimum absolute atomic E-state index is 0.317. The molecule has 0 saturated heterocycles. The molecule has 20 heavy (non-hydrogen) atoms. The highest BCUT2D eigenvalue weighted by molar-refractivity contribution is 5.87. The van der Waals surface area contributed by atoms with Gasteiger partial charge in [-0.2, -0.15) is 13.2 Å². The summed E-state index contributed by atoms with van der Waals surface area (Å²) in [4.78, 5) is 15.2. The molecule has 2 aromatic rings. The van der Waals surface area contributed by atoms with Gasteiger partial charge < -0.3 is 9.30 Å². The zero-order chi connectivity index (χ0) is 14.6. The van der Waals surface area contributed by atoms with Gasteiger partial charge >= 0.3 is 12.3 Å². The molecule has 1 aromatic heterocycles. The molecule has 0 saturated carbocycles. The van der Waals surface area contributed by atoms with Crippen LogP contribution in [0.1, 0.15) is 0 Å². The molecule has 0 aliphatic carbocycles. The second-order valence-corrected chi connectivity index (χ2v) is 3.80. The minimum atomic E-state index is -4.55. The van der Waals surface area contributed by atoms with E-state index in [1.165, 1.54) is 6.33 Å². The van der Waals surface area contributed by atoms with E-state index in [0.29, 0.717) is 11.4 Å². The van der Waals surface area contributed by atoms with Crippen LogP contribution in [0, 0.1) is 0 Å². The number of carbonyl (C=O) groups is 1. The monoisotopic (exact) mass is 285 g/mol. The Hall–Kier alpha value is -2.51. The molecule has 0 fully saturated rings. The topological polar surface area (TPSA) is 56.2 Å². The fourth-order valence-corrected chi connectivity index (χ4v) is 1.50. The van der Waals surface area contributed by atoms with Gasteiger partial charge in [-0.15, -0.1) is 0 Å². The number of rotatable bonds is 3. The average molecular weight is 285 g/mol. The third kappa shape index (κ3) is 3.74. The Kier molecular flexibility index (Phi) is 3.92. The molecule has 0 aliphatic rings. The summed E-state index contributed by atoms with van der Waals surface area (Å²) in [5.74, 6) is 0. The van der Waals surface area contributed by atoms with Crippen molar-refractivity contribution in [2.45, 2.75) is 6.18 Å². The number of hydrogen-bond donors (Lipinski definition) is 1. The number of para-hydroxylation sites is 2. The molecular weight excluding hydrogens is 275 g/mol. The second-order valence-electron chi connectivity index (χ2n) is 3.80. The van der Waals surface area contributed by atoms with Crippen molar-refractivity contribution >= 4 is 11.8 Å². The Morgan fingerprint density at radius 2 is 2.10 bits per heavy atom. The van der Waals surface area contributed by atoms with Gasteiger partial charge in [-0.1, -0.05) is 12.1 Å². The maximum atomic E-state index is 11.9. The summed E-state index contributed by atoms with van der Waals surface area (Å²) >= 11 is 0. The highest BCUT2D eigenvalue weighted by atomic mass is 19.4. The van der Waals surface area contributed by atoms with Gasteiger partial charge in [0.25, 0.3) is 0 Å². The Balaban J connectivity index is 2.08. The van der Waals surface area contributed by atoms with Crippen LogP contribution in [-0.4, -0.2) is 28.4 Å². The number of amides is 1. The largest absolute Gasteiger partial charge is 0.440 e.